The van der Waals surface area contributed by atoms with Crippen molar-refractivity contribution in [3.05, 3.63) is 154 Å². The summed E-state index contributed by atoms with van der Waals surface area (Å²) in [7, 11) is 0. The van der Waals surface area contributed by atoms with Crippen LogP contribution in [-0.4, -0.2) is 0 Å². The Labute approximate surface area is 416 Å². The van der Waals surface area contributed by atoms with E-state index in [2.05, 4.69) is 275 Å². The number of benzene rings is 6. The van der Waals surface area contributed by atoms with Gasteiger partial charge in [0.05, 0.1) is 0 Å². The van der Waals surface area contributed by atoms with Crippen LogP contribution in [0.5, 0.6) is 0 Å². The van der Waals surface area contributed by atoms with Crippen LogP contribution in [0.1, 0.15) is 211 Å². The lowest BCUT2D eigenvalue weighted by Crippen LogP contribution is -2.23. The molecule has 68 heavy (non-hydrogen) atoms. The molecule has 0 heterocycles. The second-order valence-corrected chi connectivity index (χ2v) is 28.4. The number of hydrogen-bond acceptors (Lipinski definition) is 0. The monoisotopic (exact) mass is 907 g/mol. The van der Waals surface area contributed by atoms with Crippen molar-refractivity contribution in [1.82, 2.24) is 0 Å². The highest BCUT2D eigenvalue weighted by Crippen LogP contribution is 2.59. The minimum atomic E-state index is -0.171. The summed E-state index contributed by atoms with van der Waals surface area (Å²) in [6.07, 6.45) is 0. The third kappa shape index (κ3) is 10.3. The molecule has 6 aromatic rings. The van der Waals surface area contributed by atoms with Crippen LogP contribution in [0.3, 0.4) is 0 Å². The van der Waals surface area contributed by atoms with Gasteiger partial charge in [-0.1, -0.05) is 269 Å². The molecule has 6 rings (SSSR count). The summed E-state index contributed by atoms with van der Waals surface area (Å²) < 4.78 is 0. The standard InChI is InChI=1S/C68H90/c1-61(2,3)46-34-28-35-47(62(4,5)6)55(46)44-42-45(56-48(63(7,8)9)36-29-37-49(56)64(10,11)12)58(60-52(67(19,20)21)40-31-41-53(60)68(22,23)24)54(43-32-26-25-27-33-43)57(44)59-50(65(13,14)15)38-30-39-51(59)66(16,17)18/h25-42H,1-24H3. The molecule has 0 aliphatic carbocycles. The van der Waals surface area contributed by atoms with E-state index in [9.17, 15) is 0 Å². The van der Waals surface area contributed by atoms with Gasteiger partial charge in [-0.3, -0.25) is 0 Å². The Hall–Kier alpha value is -4.68. The Morgan fingerprint density at radius 2 is 0.397 bits per heavy atom. The van der Waals surface area contributed by atoms with Gasteiger partial charge in [-0.2, -0.15) is 0 Å². The van der Waals surface area contributed by atoms with Crippen LogP contribution < -0.4 is 0 Å². The lowest BCUT2D eigenvalue weighted by atomic mass is 9.65. The van der Waals surface area contributed by atoms with Crippen LogP contribution in [0.4, 0.5) is 0 Å². The van der Waals surface area contributed by atoms with E-state index in [1.807, 2.05) is 0 Å². The lowest BCUT2D eigenvalue weighted by Gasteiger charge is -2.38. The van der Waals surface area contributed by atoms with Crippen LogP contribution >= 0.6 is 0 Å². The Morgan fingerprint density at radius 3 is 0.603 bits per heavy atom. The molecule has 0 N–H and O–H groups in total. The van der Waals surface area contributed by atoms with E-state index >= 15 is 0 Å². The summed E-state index contributed by atoms with van der Waals surface area (Å²) >= 11 is 0. The van der Waals surface area contributed by atoms with Crippen molar-refractivity contribution < 1.29 is 0 Å². The zero-order chi connectivity index (χ0) is 51.1. The summed E-state index contributed by atoms with van der Waals surface area (Å²) in [5.74, 6) is 0. The maximum atomic E-state index is 2.73. The first-order chi connectivity index (χ1) is 30.9. The van der Waals surface area contributed by atoms with E-state index in [4.69, 9.17) is 0 Å². The van der Waals surface area contributed by atoms with E-state index in [0.29, 0.717) is 0 Å². The Morgan fingerprint density at radius 1 is 0.191 bits per heavy atom. The normalized spacial score (nSPS) is 13.6. The number of hydrogen-bond donors (Lipinski definition) is 0. The quantitative estimate of drug-likeness (QED) is 0.162. The van der Waals surface area contributed by atoms with Crippen LogP contribution in [0.25, 0.3) is 55.6 Å². The third-order valence-corrected chi connectivity index (χ3v) is 14.2. The van der Waals surface area contributed by atoms with E-state index in [-0.39, 0.29) is 43.3 Å². The van der Waals surface area contributed by atoms with Crippen LogP contribution in [0, 0.1) is 0 Å². The minimum Gasteiger partial charge on any atom is -0.0622 e. The van der Waals surface area contributed by atoms with Gasteiger partial charge >= 0.3 is 0 Å². The van der Waals surface area contributed by atoms with Crippen LogP contribution in [0.15, 0.2) is 109 Å². The van der Waals surface area contributed by atoms with Gasteiger partial charge in [-0.25, -0.2) is 0 Å². The highest BCUT2D eigenvalue weighted by atomic mass is 14.4. The molecule has 0 saturated carbocycles. The molecule has 0 bridgehead atoms. The average Bonchev–Trinajstić information content (AvgIpc) is 3.19. The first kappa shape index (κ1) is 52.7. The van der Waals surface area contributed by atoms with E-state index < -0.39 is 0 Å². The minimum absolute atomic E-state index is 0.159. The molecule has 0 atom stereocenters. The van der Waals surface area contributed by atoms with Gasteiger partial charge in [0.15, 0.2) is 0 Å². The highest BCUT2D eigenvalue weighted by Gasteiger charge is 2.39. The second-order valence-electron chi connectivity index (χ2n) is 28.4. The molecule has 0 radical (unpaired) electrons. The smallest absolute Gasteiger partial charge is 0.00139 e. The molecule has 0 unspecified atom stereocenters. The summed E-state index contributed by atoms with van der Waals surface area (Å²) in [5.41, 5.74) is 23.0. The molecule has 0 saturated heterocycles. The molecule has 0 heteroatoms. The van der Waals surface area contributed by atoms with Gasteiger partial charge in [0, 0.05) is 0 Å². The molecule has 362 valence electrons. The maximum Gasteiger partial charge on any atom is -0.00139 e. The fourth-order valence-electron chi connectivity index (χ4n) is 10.8. The van der Waals surface area contributed by atoms with E-state index in [1.165, 1.54) is 100 Å². The maximum absolute atomic E-state index is 2.73. The number of rotatable bonds is 5. The van der Waals surface area contributed by atoms with Crippen LogP contribution in [-0.2, 0) is 43.3 Å². The van der Waals surface area contributed by atoms with Gasteiger partial charge in [-0.15, -0.1) is 0 Å². The predicted octanol–water partition coefficient (Wildman–Crippen LogP) is 20.4. The molecule has 0 nitrogen and oxygen atoms in total. The van der Waals surface area contributed by atoms with Crippen molar-refractivity contribution in [1.29, 1.82) is 0 Å². The van der Waals surface area contributed by atoms with Crippen molar-refractivity contribution in [2.75, 3.05) is 0 Å². The molecule has 0 spiro atoms. The first-order valence-electron chi connectivity index (χ1n) is 25.7. The van der Waals surface area contributed by atoms with Gasteiger partial charge in [0.2, 0.25) is 0 Å². The predicted molar refractivity (Wildman–Crippen MR) is 303 cm³/mol. The van der Waals surface area contributed by atoms with Crippen molar-refractivity contribution in [3.8, 4) is 55.6 Å². The van der Waals surface area contributed by atoms with E-state index in [0.717, 1.165) is 0 Å². The van der Waals surface area contributed by atoms with Crippen molar-refractivity contribution in [3.63, 3.8) is 0 Å². The zero-order valence-electron chi connectivity index (χ0n) is 47.4. The van der Waals surface area contributed by atoms with Crippen molar-refractivity contribution >= 4 is 0 Å². The summed E-state index contributed by atoms with van der Waals surface area (Å²) in [4.78, 5) is 0. The van der Waals surface area contributed by atoms with Gasteiger partial charge in [-0.05, 0) is 150 Å². The molecule has 0 fully saturated rings. The van der Waals surface area contributed by atoms with Gasteiger partial charge in [0.25, 0.3) is 0 Å². The fraction of sp³-hybridized carbons (Fsp3) is 0.471. The Balaban J connectivity index is 2.27. The zero-order valence-corrected chi connectivity index (χ0v) is 47.4. The average molecular weight is 907 g/mol. The van der Waals surface area contributed by atoms with E-state index in [1.54, 1.807) is 0 Å². The lowest BCUT2D eigenvalue weighted by molar-refractivity contribution is 0.569. The summed E-state index contributed by atoms with van der Waals surface area (Å²) in [6.45, 7) is 58.0. The van der Waals surface area contributed by atoms with Crippen molar-refractivity contribution in [2.45, 2.75) is 209 Å². The SMILES string of the molecule is CC(C)(C)c1cccc(C(C)(C)C)c1-c1cc(-c2c(C(C)(C)C)cccc2C(C)(C)C)c(-c2c(C(C)(C)C)cccc2C(C)(C)C)c(-c2ccccc2)c1-c1c(C(C)(C)C)cccc1C(C)(C)C. The van der Waals surface area contributed by atoms with Crippen LogP contribution in [0.2, 0.25) is 0 Å². The molecular weight excluding hydrogens is 817 g/mol. The molecular formula is C68H90. The van der Waals surface area contributed by atoms with Gasteiger partial charge < -0.3 is 0 Å². The molecule has 0 amide bonds. The Kier molecular flexibility index (Phi) is 13.7. The fourth-order valence-corrected chi connectivity index (χ4v) is 10.8. The second kappa shape index (κ2) is 17.6. The molecule has 6 aromatic carbocycles. The molecule has 0 aliphatic heterocycles. The summed E-state index contributed by atoms with van der Waals surface area (Å²) in [6, 6.07) is 43.0. The third-order valence-electron chi connectivity index (χ3n) is 14.2. The highest BCUT2D eigenvalue weighted by molar-refractivity contribution is 6.11. The Bertz CT molecular complexity index is 2490. The molecule has 0 aromatic heterocycles. The summed E-state index contributed by atoms with van der Waals surface area (Å²) in [5, 5.41) is 0. The largest absolute Gasteiger partial charge is 0.0622 e. The molecule has 0 aliphatic rings. The van der Waals surface area contributed by atoms with Crippen molar-refractivity contribution in [2.24, 2.45) is 0 Å². The first-order valence-corrected chi connectivity index (χ1v) is 25.7. The van der Waals surface area contributed by atoms with Gasteiger partial charge in [0.1, 0.15) is 0 Å². The topological polar surface area (TPSA) is 0 Å².